The number of ether oxygens (including phenoxy) is 1. The number of nitrogens with one attached hydrogen (secondary N) is 2. The summed E-state index contributed by atoms with van der Waals surface area (Å²) in [6.45, 7) is 1.62. The summed E-state index contributed by atoms with van der Waals surface area (Å²) in [5.41, 5.74) is 5.21. The van der Waals surface area contributed by atoms with Crippen molar-refractivity contribution in [2.45, 2.75) is 13.0 Å². The van der Waals surface area contributed by atoms with Crippen LogP contribution >= 0.6 is 0 Å². The van der Waals surface area contributed by atoms with Crippen LogP contribution < -0.4 is 15.6 Å². The Labute approximate surface area is 145 Å². The summed E-state index contributed by atoms with van der Waals surface area (Å²) >= 11 is 0. The van der Waals surface area contributed by atoms with Crippen molar-refractivity contribution in [3.05, 3.63) is 78.4 Å². The Bertz CT molecular complexity index is 894. The van der Waals surface area contributed by atoms with E-state index in [2.05, 4.69) is 10.9 Å². The molecule has 2 amide bonds. The largest absolute Gasteiger partial charge is 0.481 e. The Morgan fingerprint density at radius 2 is 1.52 bits per heavy atom. The Morgan fingerprint density at radius 1 is 0.840 bits per heavy atom. The Balaban J connectivity index is 1.57. The second kappa shape index (κ2) is 7.49. The standard InChI is InChI=1S/C20H18N2O3/c1-14(19(23)21-22-20(24)16-8-3-2-4-9-16)25-18-12-11-15-7-5-6-10-17(15)13-18/h2-14H,1H3,(H,21,23)(H,22,24)/t14-/m0/s1. The predicted octanol–water partition coefficient (Wildman–Crippen LogP) is 3.07. The van der Waals surface area contributed by atoms with Crippen molar-refractivity contribution in [1.82, 2.24) is 10.9 Å². The summed E-state index contributed by atoms with van der Waals surface area (Å²) in [5, 5.41) is 2.13. The Kier molecular flexibility index (Phi) is 4.95. The van der Waals surface area contributed by atoms with Crippen molar-refractivity contribution in [1.29, 1.82) is 0 Å². The summed E-state index contributed by atoms with van der Waals surface area (Å²) in [4.78, 5) is 24.0. The van der Waals surface area contributed by atoms with Crippen molar-refractivity contribution < 1.29 is 14.3 Å². The molecule has 0 bridgehead atoms. The normalized spacial score (nSPS) is 11.6. The highest BCUT2D eigenvalue weighted by atomic mass is 16.5. The number of rotatable bonds is 4. The Morgan fingerprint density at radius 3 is 2.28 bits per heavy atom. The van der Waals surface area contributed by atoms with E-state index in [9.17, 15) is 9.59 Å². The molecule has 0 saturated heterocycles. The highest BCUT2D eigenvalue weighted by molar-refractivity contribution is 5.95. The first-order valence-electron chi connectivity index (χ1n) is 7.94. The number of amides is 2. The zero-order valence-corrected chi connectivity index (χ0v) is 13.7. The van der Waals surface area contributed by atoms with E-state index >= 15 is 0 Å². The highest BCUT2D eigenvalue weighted by Crippen LogP contribution is 2.21. The van der Waals surface area contributed by atoms with Crippen LogP contribution in [0, 0.1) is 0 Å². The monoisotopic (exact) mass is 334 g/mol. The maximum absolute atomic E-state index is 12.1. The van der Waals surface area contributed by atoms with Gasteiger partial charge < -0.3 is 4.74 Å². The number of hydrazine groups is 1. The highest BCUT2D eigenvalue weighted by Gasteiger charge is 2.16. The topological polar surface area (TPSA) is 67.4 Å². The van der Waals surface area contributed by atoms with Crippen LogP contribution in [0.2, 0.25) is 0 Å². The third kappa shape index (κ3) is 4.14. The molecule has 0 aliphatic carbocycles. The minimum atomic E-state index is -0.753. The van der Waals surface area contributed by atoms with Crippen LogP contribution in [-0.4, -0.2) is 17.9 Å². The van der Waals surface area contributed by atoms with Crippen molar-refractivity contribution in [2.24, 2.45) is 0 Å². The molecular formula is C20H18N2O3. The van der Waals surface area contributed by atoms with E-state index in [4.69, 9.17) is 4.74 Å². The molecule has 3 aromatic rings. The van der Waals surface area contributed by atoms with Crippen molar-refractivity contribution >= 4 is 22.6 Å². The van der Waals surface area contributed by atoms with E-state index in [0.29, 0.717) is 11.3 Å². The predicted molar refractivity (Wildman–Crippen MR) is 96.1 cm³/mol. The lowest BCUT2D eigenvalue weighted by atomic mass is 10.1. The van der Waals surface area contributed by atoms with Gasteiger partial charge in [-0.15, -0.1) is 0 Å². The lowest BCUT2D eigenvalue weighted by Gasteiger charge is -2.15. The lowest BCUT2D eigenvalue weighted by molar-refractivity contribution is -0.128. The lowest BCUT2D eigenvalue weighted by Crippen LogP contribution is -2.47. The molecular weight excluding hydrogens is 316 g/mol. The van der Waals surface area contributed by atoms with Crippen LogP contribution in [-0.2, 0) is 4.79 Å². The zero-order valence-electron chi connectivity index (χ0n) is 13.7. The molecule has 0 aliphatic rings. The first-order chi connectivity index (χ1) is 12.1. The first kappa shape index (κ1) is 16.5. The van der Waals surface area contributed by atoms with Gasteiger partial charge in [0.2, 0.25) is 0 Å². The van der Waals surface area contributed by atoms with E-state index in [1.807, 2.05) is 48.5 Å². The van der Waals surface area contributed by atoms with Gasteiger partial charge in [0.1, 0.15) is 5.75 Å². The van der Waals surface area contributed by atoms with Crippen LogP contribution in [0.5, 0.6) is 5.75 Å². The molecule has 0 fully saturated rings. The van der Waals surface area contributed by atoms with Gasteiger partial charge in [0.15, 0.2) is 6.10 Å². The summed E-state index contributed by atoms with van der Waals surface area (Å²) in [5.74, 6) is -0.222. The molecule has 0 heterocycles. The molecule has 0 spiro atoms. The minimum Gasteiger partial charge on any atom is -0.481 e. The Hall–Kier alpha value is -3.34. The van der Waals surface area contributed by atoms with E-state index in [0.717, 1.165) is 10.8 Å². The van der Waals surface area contributed by atoms with E-state index in [1.165, 1.54) is 0 Å². The average molecular weight is 334 g/mol. The van der Waals surface area contributed by atoms with Gasteiger partial charge in [-0.25, -0.2) is 0 Å². The van der Waals surface area contributed by atoms with E-state index in [-0.39, 0.29) is 5.91 Å². The summed E-state index contributed by atoms with van der Waals surface area (Å²) in [6.07, 6.45) is -0.753. The number of fused-ring (bicyclic) bond motifs is 1. The van der Waals surface area contributed by atoms with Crippen LogP contribution in [0.15, 0.2) is 72.8 Å². The molecule has 3 rings (SSSR count). The van der Waals surface area contributed by atoms with Crippen molar-refractivity contribution in [3.8, 4) is 5.75 Å². The summed E-state index contributed by atoms with van der Waals surface area (Å²) < 4.78 is 5.66. The SMILES string of the molecule is C[C@H](Oc1ccc2ccccc2c1)C(=O)NNC(=O)c1ccccc1. The average Bonchev–Trinajstić information content (AvgIpc) is 2.66. The number of hydrogen-bond donors (Lipinski definition) is 2. The summed E-state index contributed by atoms with van der Waals surface area (Å²) in [7, 11) is 0. The second-order valence-corrected chi connectivity index (χ2v) is 5.58. The van der Waals surface area contributed by atoms with Crippen molar-refractivity contribution in [2.75, 3.05) is 0 Å². The fraction of sp³-hybridized carbons (Fsp3) is 0.100. The second-order valence-electron chi connectivity index (χ2n) is 5.58. The molecule has 2 N–H and O–H groups in total. The van der Waals surface area contributed by atoms with Crippen LogP contribution in [0.1, 0.15) is 17.3 Å². The van der Waals surface area contributed by atoms with Gasteiger partial charge in [0.05, 0.1) is 0 Å². The fourth-order valence-corrected chi connectivity index (χ4v) is 2.38. The van der Waals surface area contributed by atoms with Gasteiger partial charge in [-0.05, 0) is 42.0 Å². The molecule has 25 heavy (non-hydrogen) atoms. The maximum Gasteiger partial charge on any atom is 0.279 e. The molecule has 5 nitrogen and oxygen atoms in total. The van der Waals surface area contributed by atoms with Crippen LogP contribution in [0.25, 0.3) is 10.8 Å². The first-order valence-corrected chi connectivity index (χ1v) is 7.94. The fourth-order valence-electron chi connectivity index (χ4n) is 2.38. The van der Waals surface area contributed by atoms with Gasteiger partial charge in [-0.3, -0.25) is 20.4 Å². The molecule has 0 aliphatic heterocycles. The molecule has 0 radical (unpaired) electrons. The van der Waals surface area contributed by atoms with E-state index in [1.54, 1.807) is 31.2 Å². The smallest absolute Gasteiger partial charge is 0.279 e. The van der Waals surface area contributed by atoms with Crippen LogP contribution in [0.4, 0.5) is 0 Å². The van der Waals surface area contributed by atoms with Gasteiger partial charge in [-0.2, -0.15) is 0 Å². The third-order valence-electron chi connectivity index (χ3n) is 3.74. The number of carbonyl (C=O) groups excluding carboxylic acids is 2. The molecule has 3 aromatic carbocycles. The minimum absolute atomic E-state index is 0.383. The molecule has 0 aromatic heterocycles. The third-order valence-corrected chi connectivity index (χ3v) is 3.74. The quantitative estimate of drug-likeness (QED) is 0.721. The van der Waals surface area contributed by atoms with Gasteiger partial charge >= 0.3 is 0 Å². The van der Waals surface area contributed by atoms with Gasteiger partial charge in [0, 0.05) is 5.56 Å². The number of carbonyl (C=O) groups is 2. The summed E-state index contributed by atoms with van der Waals surface area (Å²) in [6, 6.07) is 22.2. The molecule has 0 saturated carbocycles. The van der Waals surface area contributed by atoms with Gasteiger partial charge in [-0.1, -0.05) is 48.5 Å². The maximum atomic E-state index is 12.1. The molecule has 0 unspecified atom stereocenters. The zero-order chi connectivity index (χ0) is 17.6. The molecule has 1 atom stereocenters. The molecule has 5 heteroatoms. The number of hydrogen-bond acceptors (Lipinski definition) is 3. The number of benzene rings is 3. The van der Waals surface area contributed by atoms with Gasteiger partial charge in [0.25, 0.3) is 11.8 Å². The van der Waals surface area contributed by atoms with E-state index < -0.39 is 12.0 Å². The van der Waals surface area contributed by atoms with Crippen LogP contribution in [0.3, 0.4) is 0 Å². The molecule has 126 valence electrons. The van der Waals surface area contributed by atoms with Crippen molar-refractivity contribution in [3.63, 3.8) is 0 Å².